The van der Waals surface area contributed by atoms with Gasteiger partial charge in [-0.1, -0.05) is 5.16 Å². The highest BCUT2D eigenvalue weighted by Crippen LogP contribution is 2.49. The molecule has 4 aliphatic rings. The fourth-order valence-corrected chi connectivity index (χ4v) is 5.97. The number of ether oxygens (including phenoxy) is 2. The van der Waals surface area contributed by atoms with E-state index in [0.717, 1.165) is 4.90 Å². The number of carbonyl (C=O) groups is 3. The molecule has 37 heavy (non-hydrogen) atoms. The molecule has 11 atom stereocenters. The summed E-state index contributed by atoms with van der Waals surface area (Å²) in [5, 5.41) is 64.9. The third-order valence-corrected chi connectivity index (χ3v) is 7.84. The Hall–Kier alpha value is -2.20. The Morgan fingerprint density at radius 1 is 1.03 bits per heavy atom. The van der Waals surface area contributed by atoms with E-state index >= 15 is 0 Å². The van der Waals surface area contributed by atoms with Crippen LogP contribution in [0.15, 0.2) is 5.16 Å². The zero-order valence-corrected chi connectivity index (χ0v) is 20.3. The minimum absolute atomic E-state index is 0.105. The molecular weight excluding hydrogens is 496 g/mol. The van der Waals surface area contributed by atoms with Crippen molar-refractivity contribution >= 4 is 23.5 Å². The summed E-state index contributed by atoms with van der Waals surface area (Å²) in [4.78, 5) is 44.4. The molecule has 0 spiro atoms. The lowest BCUT2D eigenvalue weighted by Gasteiger charge is -2.45. The Labute approximate surface area is 212 Å². The number of fused-ring (bicyclic) bond motifs is 3. The van der Waals surface area contributed by atoms with Crippen LogP contribution in [-0.2, 0) is 28.7 Å². The summed E-state index contributed by atoms with van der Waals surface area (Å²) in [6, 6.07) is 0. The van der Waals surface area contributed by atoms with E-state index in [4.69, 9.17) is 14.3 Å². The number of likely N-dealkylation sites (tertiary alicyclic amines) is 1. The van der Waals surface area contributed by atoms with Gasteiger partial charge in [0.25, 0.3) is 6.29 Å². The van der Waals surface area contributed by atoms with Gasteiger partial charge < -0.3 is 45.0 Å². The molecule has 0 aromatic rings. The zero-order chi connectivity index (χ0) is 27.0. The van der Waals surface area contributed by atoms with Gasteiger partial charge in [-0.15, -0.1) is 0 Å². The largest absolute Gasteiger partial charge is 0.466 e. The molecule has 2 aliphatic carbocycles. The molecule has 2 saturated heterocycles. The van der Waals surface area contributed by atoms with Gasteiger partial charge in [-0.2, -0.15) is 0 Å². The Morgan fingerprint density at radius 2 is 1.73 bits per heavy atom. The van der Waals surface area contributed by atoms with Gasteiger partial charge in [0.15, 0.2) is 0 Å². The number of aliphatic hydroxyl groups is 6. The first-order chi connectivity index (χ1) is 17.6. The Morgan fingerprint density at radius 3 is 2.41 bits per heavy atom. The molecule has 4 fully saturated rings. The van der Waals surface area contributed by atoms with E-state index in [1.807, 2.05) is 0 Å². The molecule has 0 unspecified atom stereocenters. The molecule has 0 bridgehead atoms. The topological polar surface area (TPSA) is 216 Å². The summed E-state index contributed by atoms with van der Waals surface area (Å²) in [6.07, 6.45) is -9.87. The maximum atomic E-state index is 13.3. The van der Waals surface area contributed by atoms with Crippen LogP contribution >= 0.6 is 0 Å². The lowest BCUT2D eigenvalue weighted by molar-refractivity contribution is -0.301. The van der Waals surface area contributed by atoms with Gasteiger partial charge in [0.2, 0.25) is 11.8 Å². The fraction of sp³-hybridized carbons (Fsp3) is 0.826. The number of amides is 2. The second-order valence-corrected chi connectivity index (χ2v) is 9.92. The number of hydrogen-bond acceptors (Lipinski definition) is 13. The van der Waals surface area contributed by atoms with Gasteiger partial charge in [0.1, 0.15) is 24.4 Å². The second kappa shape index (κ2) is 11.3. The van der Waals surface area contributed by atoms with Crippen molar-refractivity contribution in [1.82, 2.24) is 4.90 Å². The smallest absolute Gasteiger partial charge is 0.307 e. The molecule has 2 aliphatic heterocycles. The quantitative estimate of drug-likeness (QED) is 0.109. The van der Waals surface area contributed by atoms with Crippen LogP contribution in [0.1, 0.15) is 32.6 Å². The highest BCUT2D eigenvalue weighted by molar-refractivity contribution is 6.06. The molecule has 0 aromatic heterocycles. The molecule has 4 rings (SSSR count). The minimum atomic E-state index is -1.69. The highest BCUT2D eigenvalue weighted by Gasteiger charge is 2.59. The minimum Gasteiger partial charge on any atom is -0.466 e. The average molecular weight is 531 g/mol. The van der Waals surface area contributed by atoms with Gasteiger partial charge >= 0.3 is 5.97 Å². The first kappa shape index (κ1) is 27.8. The first-order valence-electron chi connectivity index (χ1n) is 12.5. The van der Waals surface area contributed by atoms with Crippen molar-refractivity contribution in [2.45, 2.75) is 75.5 Å². The van der Waals surface area contributed by atoms with Crippen LogP contribution in [-0.4, -0.2) is 122 Å². The normalized spacial score (nSPS) is 42.9. The first-order valence-corrected chi connectivity index (χ1v) is 12.5. The van der Waals surface area contributed by atoms with E-state index in [1.165, 1.54) is 0 Å². The number of oxime groups is 1. The van der Waals surface area contributed by atoms with Crippen LogP contribution in [0.5, 0.6) is 0 Å². The highest BCUT2D eigenvalue weighted by atomic mass is 16.8. The maximum Gasteiger partial charge on any atom is 0.307 e. The Bertz CT molecular complexity index is 912. The molecule has 14 nitrogen and oxygen atoms in total. The molecule has 0 radical (unpaired) electrons. The van der Waals surface area contributed by atoms with Gasteiger partial charge in [-0.25, -0.2) is 0 Å². The average Bonchev–Trinajstić information content (AvgIpc) is 3.12. The van der Waals surface area contributed by atoms with E-state index in [2.05, 4.69) is 5.16 Å². The molecule has 208 valence electrons. The lowest BCUT2D eigenvalue weighted by atomic mass is 9.60. The van der Waals surface area contributed by atoms with Gasteiger partial charge in [0, 0.05) is 24.8 Å². The Balaban J connectivity index is 1.52. The number of hydrogen-bond donors (Lipinski definition) is 6. The summed E-state index contributed by atoms with van der Waals surface area (Å²) >= 11 is 0. The standard InChI is InChI=1S/C23H34N2O12/c1-2-35-14(28)5-6-25-21(33)10-4-3-9-11(7-12(27)17(29)15(9)16(10)22(25)34)24-37-23-20(32)19(31)18(30)13(8-26)36-23/h9-10,12-13,15-20,23,26-27,29-32H,2-8H2,1H3/b24-11+/t9-,10+,12+,13+,15-,16+,17+,18+,19-,20+,23-/m0/s1. The lowest BCUT2D eigenvalue weighted by Crippen LogP contribution is -2.59. The van der Waals surface area contributed by atoms with Gasteiger partial charge in [-0.05, 0) is 19.8 Å². The van der Waals surface area contributed by atoms with Crippen LogP contribution < -0.4 is 0 Å². The number of esters is 1. The van der Waals surface area contributed by atoms with Crippen molar-refractivity contribution in [1.29, 1.82) is 0 Å². The number of aliphatic hydroxyl groups excluding tert-OH is 6. The van der Waals surface area contributed by atoms with Crippen LogP contribution in [0.2, 0.25) is 0 Å². The van der Waals surface area contributed by atoms with E-state index in [9.17, 15) is 45.0 Å². The molecule has 0 aromatic carbocycles. The summed E-state index contributed by atoms with van der Waals surface area (Å²) in [5.41, 5.74) is 0.281. The molecule has 14 heteroatoms. The summed E-state index contributed by atoms with van der Waals surface area (Å²) in [5.74, 6) is -4.50. The molecular formula is C23H34N2O12. The third kappa shape index (κ3) is 5.11. The Kier molecular flexibility index (Phi) is 8.48. The van der Waals surface area contributed by atoms with Crippen LogP contribution in [0.25, 0.3) is 0 Å². The van der Waals surface area contributed by atoms with E-state index in [1.54, 1.807) is 6.92 Å². The van der Waals surface area contributed by atoms with Crippen LogP contribution in [0.3, 0.4) is 0 Å². The van der Waals surface area contributed by atoms with E-state index in [-0.39, 0.29) is 31.7 Å². The summed E-state index contributed by atoms with van der Waals surface area (Å²) < 4.78 is 10.2. The van der Waals surface area contributed by atoms with Crippen LogP contribution in [0.4, 0.5) is 0 Å². The van der Waals surface area contributed by atoms with E-state index < -0.39 is 91.0 Å². The summed E-state index contributed by atoms with van der Waals surface area (Å²) in [7, 11) is 0. The second-order valence-electron chi connectivity index (χ2n) is 9.92. The van der Waals surface area contributed by atoms with Crippen molar-refractivity contribution in [3.8, 4) is 0 Å². The van der Waals surface area contributed by atoms with Gasteiger partial charge in [-0.3, -0.25) is 19.3 Å². The predicted molar refractivity (Wildman–Crippen MR) is 120 cm³/mol. The summed E-state index contributed by atoms with van der Waals surface area (Å²) in [6.45, 7) is 1.03. The number of imide groups is 1. The SMILES string of the molecule is CCOC(=O)CCN1C(=O)[C@H]2[C@H]3[C@H](O)[C@H](O)C/C(=N\O[C@@H]4O[C@H](CO)[C@@H](O)[C@H](O)[C@H]4O)[C@@H]3CC[C@H]2C1=O. The van der Waals surface area contributed by atoms with E-state index in [0.29, 0.717) is 12.8 Å². The number of nitrogens with zero attached hydrogens (tertiary/aromatic N) is 2. The number of carbonyl (C=O) groups excluding carboxylic acids is 3. The monoisotopic (exact) mass is 530 g/mol. The molecule has 2 amide bonds. The maximum absolute atomic E-state index is 13.3. The predicted octanol–water partition coefficient (Wildman–Crippen LogP) is -3.13. The zero-order valence-electron chi connectivity index (χ0n) is 20.3. The molecule has 6 N–H and O–H groups in total. The molecule has 2 heterocycles. The van der Waals surface area contributed by atoms with Crippen molar-refractivity contribution in [3.05, 3.63) is 0 Å². The van der Waals surface area contributed by atoms with Crippen molar-refractivity contribution < 1.29 is 59.3 Å². The number of rotatable bonds is 7. The van der Waals surface area contributed by atoms with Gasteiger partial charge in [0.05, 0.1) is 49.4 Å². The third-order valence-electron chi connectivity index (χ3n) is 7.84. The fourth-order valence-electron chi connectivity index (χ4n) is 5.97. The van der Waals surface area contributed by atoms with Crippen molar-refractivity contribution in [3.63, 3.8) is 0 Å². The van der Waals surface area contributed by atoms with Crippen molar-refractivity contribution in [2.24, 2.45) is 28.8 Å². The molecule has 2 saturated carbocycles. The van der Waals surface area contributed by atoms with Crippen LogP contribution in [0, 0.1) is 23.7 Å². The van der Waals surface area contributed by atoms with Crippen molar-refractivity contribution in [2.75, 3.05) is 19.8 Å².